The number of hydrogen-bond donors (Lipinski definition) is 1. The smallest absolute Gasteiger partial charge is 0.150 e. The van der Waals surface area contributed by atoms with Crippen molar-refractivity contribution in [1.29, 1.82) is 0 Å². The zero-order valence-electron chi connectivity index (χ0n) is 9.20. The summed E-state index contributed by atoms with van der Waals surface area (Å²) in [6.07, 6.45) is 1.45. The molecule has 0 saturated carbocycles. The molecule has 1 saturated heterocycles. The molecule has 1 aliphatic heterocycles. The molecule has 2 rings (SSSR count). The van der Waals surface area contributed by atoms with Crippen LogP contribution < -0.4 is 0 Å². The summed E-state index contributed by atoms with van der Waals surface area (Å²) in [6, 6.07) is 1.75. The molecule has 0 amide bonds. The number of hydrogen-bond acceptors (Lipinski definition) is 4. The predicted molar refractivity (Wildman–Crippen MR) is 59.6 cm³/mol. The topological polar surface area (TPSA) is 72.2 Å². The fourth-order valence-corrected chi connectivity index (χ4v) is 4.00. The third-order valence-electron chi connectivity index (χ3n) is 3.07. The lowest BCUT2D eigenvalue weighted by Crippen LogP contribution is -2.18. The lowest BCUT2D eigenvalue weighted by Gasteiger charge is -2.17. The maximum absolute atomic E-state index is 11.3. The molecule has 0 bridgehead atoms. The average Bonchev–Trinajstić information content (AvgIpc) is 2.82. The number of aliphatic hydroxyl groups excluding tert-OH is 1. The molecular weight excluding hydrogens is 228 g/mol. The molecule has 0 spiro atoms. The van der Waals surface area contributed by atoms with Crippen LogP contribution in [0.3, 0.4) is 0 Å². The first-order valence-corrected chi connectivity index (χ1v) is 7.26. The van der Waals surface area contributed by atoms with Gasteiger partial charge in [0.2, 0.25) is 0 Å². The van der Waals surface area contributed by atoms with E-state index in [0.717, 1.165) is 0 Å². The Morgan fingerprint density at radius 2 is 2.44 bits per heavy atom. The molecule has 0 radical (unpaired) electrons. The van der Waals surface area contributed by atoms with E-state index >= 15 is 0 Å². The highest BCUT2D eigenvalue weighted by Crippen LogP contribution is 2.31. The van der Waals surface area contributed by atoms with Crippen LogP contribution in [0.1, 0.15) is 25.1 Å². The summed E-state index contributed by atoms with van der Waals surface area (Å²) in [5, 5.41) is 14.2. The van der Waals surface area contributed by atoms with Gasteiger partial charge in [-0.15, -0.1) is 0 Å². The van der Waals surface area contributed by atoms with E-state index in [9.17, 15) is 13.5 Å². The Labute approximate surface area is 95.0 Å². The summed E-state index contributed by atoms with van der Waals surface area (Å²) in [4.78, 5) is 0. The van der Waals surface area contributed by atoms with Crippen LogP contribution in [-0.4, -0.2) is 34.8 Å². The molecule has 1 aromatic rings. The molecule has 2 unspecified atom stereocenters. The van der Waals surface area contributed by atoms with Gasteiger partial charge in [-0.25, -0.2) is 8.42 Å². The highest BCUT2D eigenvalue weighted by atomic mass is 32.2. The number of sulfone groups is 1. The molecule has 1 aromatic heterocycles. The Bertz CT molecular complexity index is 466. The van der Waals surface area contributed by atoms with Crippen LogP contribution in [0.4, 0.5) is 0 Å². The lowest BCUT2D eigenvalue weighted by molar-refractivity contribution is 0.111. The van der Waals surface area contributed by atoms with Crippen molar-refractivity contribution in [2.24, 2.45) is 5.92 Å². The summed E-state index contributed by atoms with van der Waals surface area (Å²) in [5.41, 5.74) is 0.713. The van der Waals surface area contributed by atoms with Crippen molar-refractivity contribution in [1.82, 2.24) is 9.78 Å². The number of aryl methyl sites for hydroxylation is 1. The van der Waals surface area contributed by atoms with Crippen LogP contribution in [0.5, 0.6) is 0 Å². The quantitative estimate of drug-likeness (QED) is 0.834. The molecule has 2 atom stereocenters. The van der Waals surface area contributed by atoms with Crippen molar-refractivity contribution in [2.75, 3.05) is 11.5 Å². The molecule has 5 nitrogen and oxygen atoms in total. The SMILES string of the molecule is CCn1nccc1C(O)C1CCS(=O)(=O)C1. The van der Waals surface area contributed by atoms with Crippen LogP contribution in [-0.2, 0) is 16.4 Å². The molecule has 1 aliphatic rings. The van der Waals surface area contributed by atoms with Crippen molar-refractivity contribution in [3.63, 3.8) is 0 Å². The van der Waals surface area contributed by atoms with Gasteiger partial charge in [0.1, 0.15) is 0 Å². The van der Waals surface area contributed by atoms with Crippen LogP contribution in [0.15, 0.2) is 12.3 Å². The highest BCUT2D eigenvalue weighted by Gasteiger charge is 2.34. The fourth-order valence-electron chi connectivity index (χ4n) is 2.17. The van der Waals surface area contributed by atoms with Gasteiger partial charge in [0.15, 0.2) is 9.84 Å². The minimum absolute atomic E-state index is 0.0864. The standard InChI is InChI=1S/C10H16N2O3S/c1-2-12-9(3-5-11-12)10(13)8-4-6-16(14,15)7-8/h3,5,8,10,13H,2,4,6-7H2,1H3. The van der Waals surface area contributed by atoms with Crippen molar-refractivity contribution >= 4 is 9.84 Å². The van der Waals surface area contributed by atoms with Gasteiger partial charge in [-0.05, 0) is 19.4 Å². The number of rotatable bonds is 3. The van der Waals surface area contributed by atoms with Crippen molar-refractivity contribution in [3.8, 4) is 0 Å². The van der Waals surface area contributed by atoms with E-state index in [2.05, 4.69) is 5.10 Å². The number of aliphatic hydroxyl groups is 1. The van der Waals surface area contributed by atoms with E-state index in [1.54, 1.807) is 16.9 Å². The summed E-state index contributed by atoms with van der Waals surface area (Å²) in [7, 11) is -2.94. The Morgan fingerprint density at radius 1 is 1.69 bits per heavy atom. The first kappa shape index (κ1) is 11.6. The number of nitrogens with zero attached hydrogens (tertiary/aromatic N) is 2. The van der Waals surface area contributed by atoms with Crippen LogP contribution >= 0.6 is 0 Å². The van der Waals surface area contributed by atoms with Gasteiger partial charge < -0.3 is 5.11 Å². The van der Waals surface area contributed by atoms with Gasteiger partial charge in [-0.2, -0.15) is 5.10 Å². The Hall–Kier alpha value is -0.880. The second-order valence-electron chi connectivity index (χ2n) is 4.18. The molecule has 2 heterocycles. The van der Waals surface area contributed by atoms with Crippen molar-refractivity contribution < 1.29 is 13.5 Å². The molecule has 6 heteroatoms. The van der Waals surface area contributed by atoms with Crippen LogP contribution in [0.2, 0.25) is 0 Å². The monoisotopic (exact) mass is 244 g/mol. The second kappa shape index (κ2) is 4.18. The third-order valence-corrected chi connectivity index (χ3v) is 4.86. The Morgan fingerprint density at radius 3 is 3.00 bits per heavy atom. The lowest BCUT2D eigenvalue weighted by atomic mass is 9.99. The predicted octanol–water partition coefficient (Wildman–Crippen LogP) is 0.371. The average molecular weight is 244 g/mol. The van der Waals surface area contributed by atoms with E-state index in [1.807, 2.05) is 6.92 Å². The fraction of sp³-hybridized carbons (Fsp3) is 0.700. The molecule has 0 aliphatic carbocycles. The maximum atomic E-state index is 11.3. The van der Waals surface area contributed by atoms with Gasteiger partial charge in [0.05, 0.1) is 23.3 Å². The van der Waals surface area contributed by atoms with E-state index in [4.69, 9.17) is 0 Å². The Balaban J connectivity index is 2.17. The van der Waals surface area contributed by atoms with E-state index < -0.39 is 15.9 Å². The van der Waals surface area contributed by atoms with Gasteiger partial charge in [-0.3, -0.25) is 4.68 Å². The molecule has 1 N–H and O–H groups in total. The van der Waals surface area contributed by atoms with E-state index in [0.29, 0.717) is 18.7 Å². The minimum Gasteiger partial charge on any atom is -0.386 e. The molecular formula is C10H16N2O3S. The van der Waals surface area contributed by atoms with Gasteiger partial charge >= 0.3 is 0 Å². The van der Waals surface area contributed by atoms with Crippen LogP contribution in [0.25, 0.3) is 0 Å². The first-order chi connectivity index (χ1) is 7.53. The highest BCUT2D eigenvalue weighted by molar-refractivity contribution is 7.91. The maximum Gasteiger partial charge on any atom is 0.150 e. The summed E-state index contributed by atoms with van der Waals surface area (Å²) in [6.45, 7) is 2.62. The molecule has 1 fully saturated rings. The largest absolute Gasteiger partial charge is 0.386 e. The third kappa shape index (κ3) is 2.12. The van der Waals surface area contributed by atoms with Gasteiger partial charge in [0, 0.05) is 18.7 Å². The normalized spacial score (nSPS) is 25.8. The number of aromatic nitrogens is 2. The summed E-state index contributed by atoms with van der Waals surface area (Å²) < 4.78 is 24.4. The van der Waals surface area contributed by atoms with Crippen molar-refractivity contribution in [3.05, 3.63) is 18.0 Å². The van der Waals surface area contributed by atoms with Crippen LogP contribution in [0, 0.1) is 5.92 Å². The molecule has 16 heavy (non-hydrogen) atoms. The van der Waals surface area contributed by atoms with Crippen molar-refractivity contribution in [2.45, 2.75) is 26.0 Å². The molecule has 0 aromatic carbocycles. The van der Waals surface area contributed by atoms with E-state index in [-0.39, 0.29) is 17.4 Å². The first-order valence-electron chi connectivity index (χ1n) is 5.43. The Kier molecular flexibility index (Phi) is 3.03. The van der Waals surface area contributed by atoms with Gasteiger partial charge in [0.25, 0.3) is 0 Å². The zero-order valence-corrected chi connectivity index (χ0v) is 10.0. The van der Waals surface area contributed by atoms with Gasteiger partial charge in [-0.1, -0.05) is 0 Å². The zero-order chi connectivity index (χ0) is 11.8. The van der Waals surface area contributed by atoms with E-state index in [1.165, 1.54) is 0 Å². The summed E-state index contributed by atoms with van der Waals surface area (Å²) in [5.74, 6) is 0.0879. The minimum atomic E-state index is -2.94. The second-order valence-corrected chi connectivity index (χ2v) is 6.41. The molecule has 90 valence electrons. The summed E-state index contributed by atoms with van der Waals surface area (Å²) >= 11 is 0.